The number of nitrogens with one attached hydrogen (secondary N) is 1. The molecule has 0 saturated carbocycles. The van der Waals surface area contributed by atoms with Crippen molar-refractivity contribution in [3.05, 3.63) is 63.1 Å². The number of benzene rings is 1. The normalized spacial score (nSPS) is 20.5. The number of aromatic nitrogens is 1. The van der Waals surface area contributed by atoms with Crippen LogP contribution in [0.3, 0.4) is 0 Å². The Hall–Kier alpha value is -3.30. The van der Waals surface area contributed by atoms with Crippen LogP contribution in [0.15, 0.2) is 29.2 Å². The maximum absolute atomic E-state index is 14.6. The van der Waals surface area contributed by atoms with Crippen LogP contribution < -0.4 is 10.7 Å². The number of rotatable bonds is 3. The molecule has 0 unspecified atom stereocenters. The molecule has 2 aliphatic heterocycles. The summed E-state index contributed by atoms with van der Waals surface area (Å²) in [5.74, 6) is -4.11. The fraction of sp³-hybridized carbons (Fsp3) is 0.350. The van der Waals surface area contributed by atoms with E-state index in [1.807, 2.05) is 0 Å². The number of alkyl halides is 1. The largest absolute Gasteiger partial charge is 0.503 e. The first-order chi connectivity index (χ1) is 14.3. The summed E-state index contributed by atoms with van der Waals surface area (Å²) in [7, 11) is 0. The van der Waals surface area contributed by atoms with E-state index in [0.29, 0.717) is 19.0 Å². The van der Waals surface area contributed by atoms with Crippen LogP contribution in [0.25, 0.3) is 0 Å². The molecule has 1 fully saturated rings. The van der Waals surface area contributed by atoms with E-state index in [0.717, 1.165) is 22.9 Å². The highest BCUT2D eigenvalue weighted by molar-refractivity contribution is 5.99. The molecule has 1 aromatic carbocycles. The third-order valence-electron chi connectivity index (χ3n) is 5.49. The van der Waals surface area contributed by atoms with E-state index < -0.39 is 52.4 Å². The van der Waals surface area contributed by atoms with E-state index >= 15 is 0 Å². The highest BCUT2D eigenvalue weighted by Crippen LogP contribution is 2.33. The van der Waals surface area contributed by atoms with Gasteiger partial charge in [-0.15, -0.1) is 0 Å². The highest BCUT2D eigenvalue weighted by atomic mass is 19.1. The molecule has 0 aliphatic carbocycles. The van der Waals surface area contributed by atoms with E-state index in [9.17, 15) is 32.7 Å². The van der Waals surface area contributed by atoms with Crippen molar-refractivity contribution in [2.24, 2.45) is 0 Å². The third-order valence-corrected chi connectivity index (χ3v) is 5.49. The number of nitrogens with zero attached hydrogens (tertiary/aromatic N) is 2. The molecule has 2 aromatic rings. The first-order valence-corrected chi connectivity index (χ1v) is 9.41. The molecule has 2 atom stereocenters. The number of carbonyl (C=O) groups excluding carboxylic acids is 2. The van der Waals surface area contributed by atoms with Crippen molar-refractivity contribution in [2.75, 3.05) is 13.1 Å². The number of carbonyl (C=O) groups is 2. The van der Waals surface area contributed by atoms with Crippen LogP contribution >= 0.6 is 0 Å². The van der Waals surface area contributed by atoms with Gasteiger partial charge in [-0.05, 0) is 18.9 Å². The number of hydrogen-bond donors (Lipinski definition) is 2. The van der Waals surface area contributed by atoms with Crippen molar-refractivity contribution >= 4 is 11.8 Å². The Kier molecular flexibility index (Phi) is 5.00. The number of pyridine rings is 1. The van der Waals surface area contributed by atoms with E-state index in [2.05, 4.69) is 5.32 Å². The zero-order valence-electron chi connectivity index (χ0n) is 15.7. The monoisotopic (exact) mass is 421 g/mol. The van der Waals surface area contributed by atoms with Gasteiger partial charge in [-0.25, -0.2) is 13.2 Å². The van der Waals surface area contributed by atoms with Crippen LogP contribution in [-0.4, -0.2) is 45.6 Å². The Morgan fingerprint density at radius 3 is 2.77 bits per heavy atom. The summed E-state index contributed by atoms with van der Waals surface area (Å²) in [4.78, 5) is 39.1. The minimum atomic E-state index is -1.33. The summed E-state index contributed by atoms with van der Waals surface area (Å²) in [5.41, 5.74) is -1.94. The minimum absolute atomic E-state index is 0.00885. The van der Waals surface area contributed by atoms with Crippen molar-refractivity contribution in [3.8, 4) is 5.75 Å². The smallest absolute Gasteiger partial charge is 0.274 e. The molecule has 30 heavy (non-hydrogen) atoms. The summed E-state index contributed by atoms with van der Waals surface area (Å²) >= 11 is 0. The van der Waals surface area contributed by atoms with Gasteiger partial charge in [-0.1, -0.05) is 6.07 Å². The lowest BCUT2D eigenvalue weighted by Crippen LogP contribution is -2.46. The van der Waals surface area contributed by atoms with Crippen molar-refractivity contribution < 1.29 is 27.9 Å². The SMILES string of the molecule is O=C(NCc1ccc(F)cc1F)c1cn2c(c(O)c1=O)C(=O)N1CCC[C@H](F)[C@H]2C1. The van der Waals surface area contributed by atoms with Gasteiger partial charge in [0, 0.05) is 37.5 Å². The average molecular weight is 421 g/mol. The average Bonchev–Trinajstić information content (AvgIpc) is 2.87. The molecule has 158 valence electrons. The van der Waals surface area contributed by atoms with E-state index in [1.54, 1.807) is 0 Å². The zero-order chi connectivity index (χ0) is 21.6. The van der Waals surface area contributed by atoms with Gasteiger partial charge in [-0.3, -0.25) is 14.4 Å². The molecule has 0 radical (unpaired) electrons. The third kappa shape index (κ3) is 3.31. The molecule has 1 saturated heterocycles. The Morgan fingerprint density at radius 2 is 2.03 bits per heavy atom. The highest BCUT2D eigenvalue weighted by Gasteiger charge is 2.40. The minimum Gasteiger partial charge on any atom is -0.503 e. The van der Waals surface area contributed by atoms with Gasteiger partial charge >= 0.3 is 0 Å². The molecule has 7 nitrogen and oxygen atoms in total. The van der Waals surface area contributed by atoms with Crippen LogP contribution in [0.5, 0.6) is 5.75 Å². The first kappa shape index (κ1) is 20.0. The van der Waals surface area contributed by atoms with Crippen molar-refractivity contribution in [3.63, 3.8) is 0 Å². The fourth-order valence-corrected chi connectivity index (χ4v) is 3.89. The molecular weight excluding hydrogens is 403 g/mol. The van der Waals surface area contributed by atoms with Crippen molar-refractivity contribution in [2.45, 2.75) is 31.6 Å². The molecule has 2 bridgehead atoms. The number of halogens is 3. The Labute approximate surface area is 168 Å². The van der Waals surface area contributed by atoms with Crippen LogP contribution in [0.1, 0.15) is 45.3 Å². The van der Waals surface area contributed by atoms with Crippen LogP contribution in [0.2, 0.25) is 0 Å². The lowest BCUT2D eigenvalue weighted by Gasteiger charge is -2.35. The first-order valence-electron chi connectivity index (χ1n) is 9.41. The van der Waals surface area contributed by atoms with Gasteiger partial charge in [0.25, 0.3) is 11.8 Å². The van der Waals surface area contributed by atoms with Crippen LogP contribution in [0.4, 0.5) is 13.2 Å². The molecule has 2 amide bonds. The Morgan fingerprint density at radius 1 is 1.27 bits per heavy atom. The van der Waals surface area contributed by atoms with Gasteiger partial charge in [0.1, 0.15) is 23.4 Å². The second-order valence-corrected chi connectivity index (χ2v) is 7.37. The summed E-state index contributed by atoms with van der Waals surface area (Å²) in [5, 5.41) is 12.7. The fourth-order valence-electron chi connectivity index (χ4n) is 3.89. The maximum Gasteiger partial charge on any atom is 0.274 e. The lowest BCUT2D eigenvalue weighted by molar-refractivity contribution is 0.0645. The molecular formula is C20H18F3N3O4. The number of amides is 2. The van der Waals surface area contributed by atoms with E-state index in [4.69, 9.17) is 0 Å². The lowest BCUT2D eigenvalue weighted by atomic mass is 10.0. The molecule has 4 rings (SSSR count). The molecule has 0 spiro atoms. The topological polar surface area (TPSA) is 91.6 Å². The van der Waals surface area contributed by atoms with E-state index in [-0.39, 0.29) is 30.8 Å². The standard InChI is InChI=1S/C20H18F3N3O4/c21-11-4-3-10(14(23)6-11)7-24-19(29)12-8-26-15-9-25(5-1-2-13(15)22)20(30)16(26)18(28)17(12)27/h3-4,6,8,13,15,28H,1-2,5,7,9H2,(H,24,29)/t13-,15+/m0/s1. The van der Waals surface area contributed by atoms with Gasteiger partial charge in [0.15, 0.2) is 11.4 Å². The summed E-state index contributed by atoms with van der Waals surface area (Å²) in [6.07, 6.45) is 0.380. The molecule has 3 heterocycles. The molecule has 2 N–H and O–H groups in total. The van der Waals surface area contributed by atoms with E-state index in [1.165, 1.54) is 4.90 Å². The molecule has 2 aliphatic rings. The predicted molar refractivity (Wildman–Crippen MR) is 99.0 cm³/mol. The maximum atomic E-state index is 14.6. The van der Waals surface area contributed by atoms with Crippen LogP contribution in [0, 0.1) is 11.6 Å². The summed E-state index contributed by atoms with van der Waals surface area (Å²) in [6.45, 7) is 0.0424. The van der Waals surface area contributed by atoms with Gasteiger partial charge in [-0.2, -0.15) is 0 Å². The number of fused-ring (bicyclic) bond motifs is 4. The van der Waals surface area contributed by atoms with Crippen molar-refractivity contribution in [1.29, 1.82) is 0 Å². The van der Waals surface area contributed by atoms with Gasteiger partial charge in [0.05, 0.1) is 6.04 Å². The number of hydrogen-bond acceptors (Lipinski definition) is 4. The number of aromatic hydroxyl groups is 1. The van der Waals surface area contributed by atoms with Crippen molar-refractivity contribution in [1.82, 2.24) is 14.8 Å². The second-order valence-electron chi connectivity index (χ2n) is 7.37. The van der Waals surface area contributed by atoms with Crippen LogP contribution in [-0.2, 0) is 6.54 Å². The van der Waals surface area contributed by atoms with Gasteiger partial charge in [0.2, 0.25) is 5.43 Å². The van der Waals surface area contributed by atoms with Gasteiger partial charge < -0.3 is 19.9 Å². The Balaban J connectivity index is 1.68. The summed E-state index contributed by atoms with van der Waals surface area (Å²) in [6, 6.07) is 1.99. The predicted octanol–water partition coefficient (Wildman–Crippen LogP) is 1.89. The molecule has 1 aromatic heterocycles. The summed E-state index contributed by atoms with van der Waals surface area (Å²) < 4.78 is 42.6. The second kappa shape index (κ2) is 7.51. The zero-order valence-corrected chi connectivity index (χ0v) is 15.7. The quantitative estimate of drug-likeness (QED) is 0.792. The Bertz CT molecular complexity index is 1100. The molecule has 10 heteroatoms.